The van der Waals surface area contributed by atoms with Gasteiger partial charge in [-0.05, 0) is 60.6 Å². The zero-order valence-electron chi connectivity index (χ0n) is 22.8. The third kappa shape index (κ3) is 8.07. The van der Waals surface area contributed by atoms with Gasteiger partial charge in [0.25, 0.3) is 0 Å². The Balaban J connectivity index is 1.81. The first-order chi connectivity index (χ1) is 18.0. The average molecular weight is 529 g/mol. The van der Waals surface area contributed by atoms with Crippen LogP contribution in [0, 0.1) is 30.5 Å². The Morgan fingerprint density at radius 3 is 2.24 bits per heavy atom. The lowest BCUT2D eigenvalue weighted by molar-refractivity contribution is -0.138. The fourth-order valence-corrected chi connectivity index (χ4v) is 4.84. The van der Waals surface area contributed by atoms with Gasteiger partial charge in [-0.15, -0.1) is 0 Å². The molecular weight excluding hydrogens is 490 g/mol. The molecule has 0 bridgehead atoms. The van der Waals surface area contributed by atoms with E-state index in [1.807, 2.05) is 52.0 Å². The Morgan fingerprint density at radius 2 is 1.61 bits per heavy atom. The molecule has 0 aromatic heterocycles. The molecule has 0 saturated heterocycles. The molecule has 0 saturated carbocycles. The normalized spacial score (nSPS) is 12.9. The Bertz CT molecular complexity index is 1150. The van der Waals surface area contributed by atoms with Gasteiger partial charge >= 0.3 is 6.18 Å². The molecule has 0 spiro atoms. The zero-order valence-corrected chi connectivity index (χ0v) is 22.8. The van der Waals surface area contributed by atoms with Crippen LogP contribution in [0.5, 0.6) is 5.75 Å². The van der Waals surface area contributed by atoms with Crippen LogP contribution >= 0.6 is 0 Å². The Morgan fingerprint density at radius 1 is 0.921 bits per heavy atom. The van der Waals surface area contributed by atoms with E-state index in [2.05, 4.69) is 36.5 Å². The van der Waals surface area contributed by atoms with Crippen molar-refractivity contribution in [2.24, 2.45) is 11.8 Å². The molecule has 1 radical (unpaired) electrons. The van der Waals surface area contributed by atoms with Gasteiger partial charge < -0.3 is 10.1 Å². The smallest absolute Gasteiger partial charge is 0.416 e. The summed E-state index contributed by atoms with van der Waals surface area (Å²) in [6, 6.07) is 19.0. The minimum atomic E-state index is -4.65. The highest BCUT2D eigenvalue weighted by Crippen LogP contribution is 2.47. The molecule has 2 nitrogen and oxygen atoms in total. The van der Waals surface area contributed by atoms with Crippen LogP contribution in [-0.4, -0.2) is 13.2 Å². The van der Waals surface area contributed by atoms with Crippen LogP contribution in [0.25, 0.3) is 0 Å². The molecule has 1 N–H and O–H groups in total. The van der Waals surface area contributed by atoms with Crippen LogP contribution in [0.3, 0.4) is 0 Å². The maximum atomic E-state index is 15.1. The monoisotopic (exact) mass is 528 g/mol. The van der Waals surface area contributed by atoms with Crippen molar-refractivity contribution in [3.63, 3.8) is 0 Å². The maximum Gasteiger partial charge on any atom is 0.416 e. The van der Waals surface area contributed by atoms with Crippen LogP contribution in [0.1, 0.15) is 67.9 Å². The second-order valence-electron chi connectivity index (χ2n) is 10.6. The SMILES string of the molecule is Cc1ccc(CNCCOc2cccc([C](CC(C)C)C(c3c(F)cccc3C(F)(F)F)C(C)C)c2)cc1. The first-order valence-electron chi connectivity index (χ1n) is 13.2. The molecule has 6 heteroatoms. The Hall–Kier alpha value is -2.86. The summed E-state index contributed by atoms with van der Waals surface area (Å²) in [6.45, 7) is 11.6. The molecule has 205 valence electrons. The lowest BCUT2D eigenvalue weighted by Crippen LogP contribution is -2.24. The summed E-state index contributed by atoms with van der Waals surface area (Å²) in [5.74, 6) is -0.227. The predicted molar refractivity (Wildman–Crippen MR) is 146 cm³/mol. The number of ether oxygens (including phenoxy) is 1. The molecule has 0 aliphatic carbocycles. The van der Waals surface area contributed by atoms with Crippen molar-refractivity contribution >= 4 is 0 Å². The van der Waals surface area contributed by atoms with E-state index in [-0.39, 0.29) is 17.4 Å². The summed E-state index contributed by atoms with van der Waals surface area (Å²) in [4.78, 5) is 0. The molecule has 0 aliphatic rings. The fourth-order valence-electron chi connectivity index (χ4n) is 4.84. The average Bonchev–Trinajstić information content (AvgIpc) is 2.84. The van der Waals surface area contributed by atoms with Crippen molar-refractivity contribution in [3.05, 3.63) is 106 Å². The van der Waals surface area contributed by atoms with Crippen LogP contribution in [0.4, 0.5) is 17.6 Å². The number of aryl methyl sites for hydroxylation is 1. The van der Waals surface area contributed by atoms with E-state index in [0.717, 1.165) is 36.2 Å². The van der Waals surface area contributed by atoms with Gasteiger partial charge in [0, 0.05) is 30.5 Å². The van der Waals surface area contributed by atoms with Gasteiger partial charge in [-0.3, -0.25) is 0 Å². The number of benzene rings is 3. The van der Waals surface area contributed by atoms with Crippen LogP contribution in [0.2, 0.25) is 0 Å². The van der Waals surface area contributed by atoms with Crippen molar-refractivity contribution in [3.8, 4) is 5.75 Å². The lowest BCUT2D eigenvalue weighted by Gasteiger charge is -2.34. The largest absolute Gasteiger partial charge is 0.492 e. The number of alkyl halides is 3. The van der Waals surface area contributed by atoms with E-state index < -0.39 is 23.5 Å². The van der Waals surface area contributed by atoms with Gasteiger partial charge in [0.2, 0.25) is 0 Å². The van der Waals surface area contributed by atoms with E-state index in [9.17, 15) is 13.2 Å². The highest BCUT2D eigenvalue weighted by atomic mass is 19.4. The standard InChI is InChI=1S/C32H38F4NO/c1-21(2)18-27(30(22(3)4)31-28(32(34,35)36)10-7-11-29(31)33)25-8-6-9-26(19-25)38-17-16-37-20-24-14-12-23(5)13-15-24/h6-15,19,21-22,30,37H,16-18,20H2,1-5H3. The van der Waals surface area contributed by atoms with Crippen LogP contribution in [-0.2, 0) is 12.7 Å². The summed E-state index contributed by atoms with van der Waals surface area (Å²) in [5.41, 5.74) is 1.99. The second kappa shape index (κ2) is 13.3. The molecule has 38 heavy (non-hydrogen) atoms. The van der Waals surface area contributed by atoms with Crippen molar-refractivity contribution in [1.82, 2.24) is 5.32 Å². The topological polar surface area (TPSA) is 21.3 Å². The number of hydrogen-bond donors (Lipinski definition) is 1. The number of hydrogen-bond acceptors (Lipinski definition) is 2. The summed E-state index contributed by atoms with van der Waals surface area (Å²) in [7, 11) is 0. The van der Waals surface area contributed by atoms with E-state index in [4.69, 9.17) is 4.74 Å². The number of nitrogens with one attached hydrogen (secondary N) is 1. The highest BCUT2D eigenvalue weighted by Gasteiger charge is 2.40. The van der Waals surface area contributed by atoms with Crippen LogP contribution in [0.15, 0.2) is 66.7 Å². The van der Waals surface area contributed by atoms with Gasteiger partial charge in [0.05, 0.1) is 5.56 Å². The Labute approximate surface area is 224 Å². The number of rotatable bonds is 12. The van der Waals surface area contributed by atoms with Gasteiger partial charge in [-0.1, -0.05) is 75.7 Å². The minimum Gasteiger partial charge on any atom is -0.492 e. The Kier molecular flexibility index (Phi) is 10.4. The van der Waals surface area contributed by atoms with E-state index in [1.54, 1.807) is 0 Å². The fraction of sp³-hybridized carbons (Fsp3) is 0.406. The molecule has 0 heterocycles. The van der Waals surface area contributed by atoms with Crippen molar-refractivity contribution in [2.75, 3.05) is 13.2 Å². The van der Waals surface area contributed by atoms with Gasteiger partial charge in [0.1, 0.15) is 18.2 Å². The van der Waals surface area contributed by atoms with Gasteiger partial charge in [0.15, 0.2) is 0 Å². The second-order valence-corrected chi connectivity index (χ2v) is 10.6. The van der Waals surface area contributed by atoms with Crippen molar-refractivity contribution in [1.29, 1.82) is 0 Å². The molecule has 1 atom stereocenters. The minimum absolute atomic E-state index is 0.169. The van der Waals surface area contributed by atoms with Crippen LogP contribution < -0.4 is 10.1 Å². The number of halogens is 4. The summed E-state index contributed by atoms with van der Waals surface area (Å²) in [5, 5.41) is 3.36. The van der Waals surface area contributed by atoms with E-state index >= 15 is 4.39 Å². The molecule has 3 aromatic rings. The first-order valence-corrected chi connectivity index (χ1v) is 13.2. The van der Waals surface area contributed by atoms with Crippen molar-refractivity contribution in [2.45, 2.75) is 59.7 Å². The summed E-state index contributed by atoms with van der Waals surface area (Å²) in [6.07, 6.45) is -4.11. The van der Waals surface area contributed by atoms with Crippen molar-refractivity contribution < 1.29 is 22.3 Å². The van der Waals surface area contributed by atoms with E-state index in [1.165, 1.54) is 11.1 Å². The lowest BCUT2D eigenvalue weighted by atomic mass is 9.70. The highest BCUT2D eigenvalue weighted by molar-refractivity contribution is 5.46. The molecular formula is C32H38F4NO. The molecule has 0 amide bonds. The molecule has 0 fully saturated rings. The summed E-state index contributed by atoms with van der Waals surface area (Å²) >= 11 is 0. The first kappa shape index (κ1) is 29.7. The predicted octanol–water partition coefficient (Wildman–Crippen LogP) is 8.73. The molecule has 3 aromatic carbocycles. The maximum absolute atomic E-state index is 15.1. The zero-order chi connectivity index (χ0) is 27.9. The van der Waals surface area contributed by atoms with Gasteiger partial charge in [-0.25, -0.2) is 4.39 Å². The van der Waals surface area contributed by atoms with E-state index in [0.29, 0.717) is 25.3 Å². The third-order valence-corrected chi connectivity index (χ3v) is 6.54. The summed E-state index contributed by atoms with van der Waals surface area (Å²) < 4.78 is 63.0. The molecule has 1 unspecified atom stereocenters. The molecule has 3 rings (SSSR count). The van der Waals surface area contributed by atoms with Gasteiger partial charge in [-0.2, -0.15) is 13.2 Å². The quantitative estimate of drug-likeness (QED) is 0.187. The third-order valence-electron chi connectivity index (χ3n) is 6.54. The molecule has 0 aliphatic heterocycles.